The molecule has 0 radical (unpaired) electrons. The SMILES string of the molecule is Cc1ccc(Oc2ccc(C(=O)NCCN3CCCC3)cc2NC(=O)Nc2cc(F)cc(F)c2)cc1C. The molecular formula is C28H30F2N4O3. The van der Waals surface area contributed by atoms with Crippen LogP contribution in [0.2, 0.25) is 0 Å². The Bertz CT molecular complexity index is 1270. The zero-order chi connectivity index (χ0) is 26.4. The lowest BCUT2D eigenvalue weighted by atomic mass is 10.1. The first-order valence-corrected chi connectivity index (χ1v) is 12.2. The van der Waals surface area contributed by atoms with Crippen LogP contribution in [0.3, 0.4) is 0 Å². The van der Waals surface area contributed by atoms with Crippen LogP contribution in [0.4, 0.5) is 25.0 Å². The summed E-state index contributed by atoms with van der Waals surface area (Å²) in [5, 5.41) is 7.94. The summed E-state index contributed by atoms with van der Waals surface area (Å²) in [6.45, 7) is 7.31. The Hall–Kier alpha value is -3.98. The van der Waals surface area contributed by atoms with E-state index in [1.807, 2.05) is 26.0 Å². The quantitative estimate of drug-likeness (QED) is 0.357. The molecule has 0 saturated carbocycles. The highest BCUT2D eigenvalue weighted by molar-refractivity contribution is 6.02. The number of nitrogens with zero attached hydrogens (tertiary/aromatic N) is 1. The van der Waals surface area contributed by atoms with Crippen molar-refractivity contribution in [3.05, 3.63) is 82.9 Å². The number of likely N-dealkylation sites (tertiary alicyclic amines) is 1. The number of urea groups is 1. The number of ether oxygens (including phenoxy) is 1. The zero-order valence-corrected chi connectivity index (χ0v) is 20.9. The maximum Gasteiger partial charge on any atom is 0.323 e. The Morgan fingerprint density at radius 1 is 0.892 bits per heavy atom. The van der Waals surface area contributed by atoms with Crippen molar-refractivity contribution < 1.29 is 23.1 Å². The zero-order valence-electron chi connectivity index (χ0n) is 20.9. The molecule has 1 heterocycles. The second-order valence-corrected chi connectivity index (χ2v) is 9.10. The maximum atomic E-state index is 13.5. The van der Waals surface area contributed by atoms with Crippen molar-refractivity contribution in [3.8, 4) is 11.5 Å². The van der Waals surface area contributed by atoms with Crippen LogP contribution in [-0.2, 0) is 0 Å². The summed E-state index contributed by atoms with van der Waals surface area (Å²) < 4.78 is 33.1. The molecule has 0 aromatic heterocycles. The van der Waals surface area contributed by atoms with E-state index in [0.717, 1.165) is 42.9 Å². The van der Waals surface area contributed by atoms with Gasteiger partial charge in [-0.25, -0.2) is 13.6 Å². The minimum atomic E-state index is -0.818. The summed E-state index contributed by atoms with van der Waals surface area (Å²) in [4.78, 5) is 27.8. The second kappa shape index (κ2) is 11.8. The topological polar surface area (TPSA) is 82.7 Å². The molecule has 1 fully saturated rings. The number of rotatable bonds is 8. The number of halogens is 2. The van der Waals surface area contributed by atoms with E-state index in [1.54, 1.807) is 18.2 Å². The summed E-state index contributed by atoms with van der Waals surface area (Å²) in [5.74, 6) is -1.06. The highest BCUT2D eigenvalue weighted by atomic mass is 19.1. The highest BCUT2D eigenvalue weighted by Gasteiger charge is 2.16. The van der Waals surface area contributed by atoms with Gasteiger partial charge < -0.3 is 25.6 Å². The lowest BCUT2D eigenvalue weighted by Crippen LogP contribution is -2.33. The summed E-state index contributed by atoms with van der Waals surface area (Å²) in [7, 11) is 0. The molecule has 1 aliphatic rings. The Morgan fingerprint density at radius 2 is 1.62 bits per heavy atom. The average Bonchev–Trinajstić information content (AvgIpc) is 3.35. The van der Waals surface area contributed by atoms with Crippen LogP contribution >= 0.6 is 0 Å². The molecule has 3 aromatic carbocycles. The Morgan fingerprint density at radius 3 is 2.32 bits per heavy atom. The standard InChI is InChI=1S/C28H30F2N4O3/c1-18-5-7-24(13-19(18)2)37-26-8-6-20(27(35)31-9-12-34-10-3-4-11-34)14-25(26)33-28(36)32-23-16-21(29)15-22(30)17-23/h5-8,13-17H,3-4,9-12H2,1-2H3,(H,31,35)(H2,32,33,36). The van der Waals surface area contributed by atoms with Gasteiger partial charge in [0, 0.05) is 30.4 Å². The number of hydrogen-bond donors (Lipinski definition) is 3. The van der Waals surface area contributed by atoms with Crippen LogP contribution in [0.25, 0.3) is 0 Å². The number of hydrogen-bond acceptors (Lipinski definition) is 4. The van der Waals surface area contributed by atoms with Gasteiger partial charge in [0.1, 0.15) is 17.4 Å². The molecule has 7 nitrogen and oxygen atoms in total. The van der Waals surface area contributed by atoms with Gasteiger partial charge in [0.25, 0.3) is 5.91 Å². The summed E-state index contributed by atoms with van der Waals surface area (Å²) >= 11 is 0. The predicted molar refractivity (Wildman–Crippen MR) is 139 cm³/mol. The molecule has 4 rings (SSSR count). The van der Waals surface area contributed by atoms with Gasteiger partial charge in [0.05, 0.1) is 5.69 Å². The Labute approximate surface area is 214 Å². The van der Waals surface area contributed by atoms with Crippen LogP contribution in [0.5, 0.6) is 11.5 Å². The minimum absolute atomic E-state index is 0.0533. The predicted octanol–water partition coefficient (Wildman–Crippen LogP) is 5.84. The van der Waals surface area contributed by atoms with Gasteiger partial charge >= 0.3 is 6.03 Å². The summed E-state index contributed by atoms with van der Waals surface area (Å²) in [5.41, 5.74) is 2.64. The molecule has 0 aliphatic carbocycles. The van der Waals surface area contributed by atoms with Gasteiger partial charge in [-0.15, -0.1) is 0 Å². The van der Waals surface area contributed by atoms with Crippen molar-refractivity contribution in [1.82, 2.24) is 10.2 Å². The molecular weight excluding hydrogens is 478 g/mol. The van der Waals surface area contributed by atoms with Crippen LogP contribution in [0.1, 0.15) is 34.3 Å². The van der Waals surface area contributed by atoms with Crippen LogP contribution in [-0.4, -0.2) is 43.0 Å². The maximum absolute atomic E-state index is 13.5. The van der Waals surface area contributed by atoms with E-state index in [-0.39, 0.29) is 17.3 Å². The fourth-order valence-corrected chi connectivity index (χ4v) is 4.11. The molecule has 3 N–H and O–H groups in total. The number of carbonyl (C=O) groups excluding carboxylic acids is 2. The molecule has 0 spiro atoms. The summed E-state index contributed by atoms with van der Waals surface area (Å²) in [6, 6.07) is 12.3. The van der Waals surface area contributed by atoms with Crippen LogP contribution in [0.15, 0.2) is 54.6 Å². The molecule has 0 unspecified atom stereocenters. The molecule has 3 amide bonds. The monoisotopic (exact) mass is 508 g/mol. The van der Waals surface area contributed by atoms with E-state index in [0.29, 0.717) is 29.7 Å². The van der Waals surface area contributed by atoms with Crippen molar-refractivity contribution in [1.29, 1.82) is 0 Å². The largest absolute Gasteiger partial charge is 0.455 e. The molecule has 3 aromatic rings. The van der Waals surface area contributed by atoms with E-state index in [1.165, 1.54) is 18.9 Å². The van der Waals surface area contributed by atoms with Crippen molar-refractivity contribution in [2.75, 3.05) is 36.8 Å². The number of anilines is 2. The first kappa shape index (κ1) is 26.1. The number of nitrogens with one attached hydrogen (secondary N) is 3. The van der Waals surface area contributed by atoms with E-state index in [9.17, 15) is 18.4 Å². The summed E-state index contributed by atoms with van der Waals surface area (Å²) in [6.07, 6.45) is 2.35. The molecule has 0 bridgehead atoms. The second-order valence-electron chi connectivity index (χ2n) is 9.10. The smallest absolute Gasteiger partial charge is 0.323 e. The Kier molecular flexibility index (Phi) is 8.35. The molecule has 1 aliphatic heterocycles. The van der Waals surface area contributed by atoms with Gasteiger partial charge in [-0.1, -0.05) is 6.07 Å². The van der Waals surface area contributed by atoms with E-state index in [2.05, 4.69) is 20.9 Å². The lowest BCUT2D eigenvalue weighted by Gasteiger charge is -2.16. The van der Waals surface area contributed by atoms with Crippen molar-refractivity contribution in [2.45, 2.75) is 26.7 Å². The van der Waals surface area contributed by atoms with Gasteiger partial charge in [0.15, 0.2) is 5.75 Å². The van der Waals surface area contributed by atoms with Gasteiger partial charge in [-0.2, -0.15) is 0 Å². The third-order valence-electron chi connectivity index (χ3n) is 6.23. The highest BCUT2D eigenvalue weighted by Crippen LogP contribution is 2.32. The minimum Gasteiger partial charge on any atom is -0.455 e. The molecule has 1 saturated heterocycles. The normalized spacial score (nSPS) is 13.3. The van der Waals surface area contributed by atoms with E-state index < -0.39 is 17.7 Å². The van der Waals surface area contributed by atoms with E-state index >= 15 is 0 Å². The average molecular weight is 509 g/mol. The van der Waals surface area contributed by atoms with Crippen LogP contribution < -0.4 is 20.7 Å². The molecule has 194 valence electrons. The number of amides is 3. The van der Waals surface area contributed by atoms with Crippen molar-refractivity contribution in [3.63, 3.8) is 0 Å². The molecule has 9 heteroatoms. The lowest BCUT2D eigenvalue weighted by molar-refractivity contribution is 0.0949. The van der Waals surface area contributed by atoms with Gasteiger partial charge in [-0.3, -0.25) is 4.79 Å². The third kappa shape index (κ3) is 7.27. The third-order valence-corrected chi connectivity index (χ3v) is 6.23. The van der Waals surface area contributed by atoms with Gasteiger partial charge in [0.2, 0.25) is 0 Å². The number of aryl methyl sites for hydroxylation is 2. The molecule has 0 atom stereocenters. The van der Waals surface area contributed by atoms with Crippen molar-refractivity contribution in [2.24, 2.45) is 0 Å². The van der Waals surface area contributed by atoms with E-state index in [4.69, 9.17) is 4.74 Å². The molecule has 37 heavy (non-hydrogen) atoms. The van der Waals surface area contributed by atoms with Crippen molar-refractivity contribution >= 4 is 23.3 Å². The first-order chi connectivity index (χ1) is 17.8. The number of benzene rings is 3. The van der Waals surface area contributed by atoms with Crippen LogP contribution in [0, 0.1) is 25.5 Å². The number of carbonyl (C=O) groups is 2. The first-order valence-electron chi connectivity index (χ1n) is 12.2. The fraction of sp³-hybridized carbons (Fsp3) is 0.286. The fourth-order valence-electron chi connectivity index (χ4n) is 4.11. The van der Waals surface area contributed by atoms with Gasteiger partial charge in [-0.05, 0) is 93.4 Å². The Balaban J connectivity index is 1.52.